The second kappa shape index (κ2) is 11.2. The van der Waals surface area contributed by atoms with Gasteiger partial charge in [-0.3, -0.25) is 9.69 Å². The van der Waals surface area contributed by atoms with Crippen molar-refractivity contribution in [3.63, 3.8) is 0 Å². The zero-order chi connectivity index (χ0) is 17.8. The monoisotopic (exact) mass is 419 g/mol. The van der Waals surface area contributed by atoms with Crippen molar-refractivity contribution < 1.29 is 9.18 Å². The van der Waals surface area contributed by atoms with Crippen molar-refractivity contribution in [1.29, 1.82) is 0 Å². The molecule has 0 bridgehead atoms. The first-order valence-electron chi connectivity index (χ1n) is 9.50. The van der Waals surface area contributed by atoms with Crippen molar-refractivity contribution in [2.45, 2.75) is 39.7 Å². The first-order chi connectivity index (χ1) is 12.0. The van der Waals surface area contributed by atoms with E-state index in [0.717, 1.165) is 69.7 Å². The number of amides is 1. The second-order valence-electron chi connectivity index (χ2n) is 7.64. The van der Waals surface area contributed by atoms with Crippen LogP contribution in [-0.2, 0) is 11.3 Å². The van der Waals surface area contributed by atoms with Crippen LogP contribution < -0.4 is 10.6 Å². The standard InChI is InChI=1S/C20H30FN3O.2ClH/c1-14-3-4-18(15(2)19(14)21)13-24-10-7-16(12-24)11-23-20(25)17-5-8-22-9-6-17;;/h3-4,16-17,22H,5-13H2,1-2H3,(H,23,25);2*1H. The summed E-state index contributed by atoms with van der Waals surface area (Å²) in [6, 6.07) is 3.91. The van der Waals surface area contributed by atoms with Crippen molar-refractivity contribution in [3.8, 4) is 0 Å². The third kappa shape index (κ3) is 6.31. The van der Waals surface area contributed by atoms with Gasteiger partial charge in [0.2, 0.25) is 5.91 Å². The van der Waals surface area contributed by atoms with E-state index in [-0.39, 0.29) is 42.5 Å². The fraction of sp³-hybridized carbons (Fsp3) is 0.650. The highest BCUT2D eigenvalue weighted by atomic mass is 35.5. The fourth-order valence-electron chi connectivity index (χ4n) is 3.97. The molecule has 1 atom stereocenters. The molecule has 0 radical (unpaired) electrons. The van der Waals surface area contributed by atoms with Crippen LogP contribution in [0.1, 0.15) is 36.0 Å². The lowest BCUT2D eigenvalue weighted by atomic mass is 9.97. The number of aryl methyl sites for hydroxylation is 1. The maximum atomic E-state index is 14.1. The van der Waals surface area contributed by atoms with Crippen LogP contribution in [0.3, 0.4) is 0 Å². The molecule has 1 aromatic rings. The average Bonchev–Trinajstić information content (AvgIpc) is 3.08. The Hall–Kier alpha value is -0.880. The van der Waals surface area contributed by atoms with Crippen molar-refractivity contribution in [2.24, 2.45) is 11.8 Å². The fourth-order valence-corrected chi connectivity index (χ4v) is 3.97. The highest BCUT2D eigenvalue weighted by molar-refractivity contribution is 5.85. The van der Waals surface area contributed by atoms with E-state index >= 15 is 0 Å². The van der Waals surface area contributed by atoms with Crippen molar-refractivity contribution in [2.75, 3.05) is 32.7 Å². The van der Waals surface area contributed by atoms with Crippen LogP contribution in [0.5, 0.6) is 0 Å². The minimum Gasteiger partial charge on any atom is -0.356 e. The Morgan fingerprint density at radius 1 is 1.22 bits per heavy atom. The number of halogens is 3. The highest BCUT2D eigenvalue weighted by Gasteiger charge is 2.26. The normalized spacial score (nSPS) is 20.6. The van der Waals surface area contributed by atoms with Gasteiger partial charge in [-0.15, -0.1) is 24.8 Å². The molecule has 7 heteroatoms. The van der Waals surface area contributed by atoms with Crippen LogP contribution in [0.25, 0.3) is 0 Å². The molecule has 0 aromatic heterocycles. The van der Waals surface area contributed by atoms with Gasteiger partial charge in [-0.05, 0) is 75.4 Å². The largest absolute Gasteiger partial charge is 0.356 e. The van der Waals surface area contributed by atoms with Crippen molar-refractivity contribution in [3.05, 3.63) is 34.6 Å². The predicted molar refractivity (Wildman–Crippen MR) is 112 cm³/mol. The summed E-state index contributed by atoms with van der Waals surface area (Å²) in [7, 11) is 0. The molecule has 2 N–H and O–H groups in total. The molecule has 1 unspecified atom stereocenters. The van der Waals surface area contributed by atoms with Gasteiger partial charge in [0.05, 0.1) is 0 Å². The van der Waals surface area contributed by atoms with Gasteiger partial charge in [0.15, 0.2) is 0 Å². The first-order valence-corrected chi connectivity index (χ1v) is 9.50. The number of nitrogens with zero attached hydrogens (tertiary/aromatic N) is 1. The molecule has 2 aliphatic heterocycles. The van der Waals surface area contributed by atoms with Gasteiger partial charge in [0.25, 0.3) is 0 Å². The molecule has 2 fully saturated rings. The molecule has 1 aromatic carbocycles. The Morgan fingerprint density at radius 3 is 2.63 bits per heavy atom. The summed E-state index contributed by atoms with van der Waals surface area (Å²) in [6.07, 6.45) is 2.99. The summed E-state index contributed by atoms with van der Waals surface area (Å²) in [5, 5.41) is 6.45. The average molecular weight is 420 g/mol. The summed E-state index contributed by atoms with van der Waals surface area (Å²) in [5.74, 6) is 0.817. The number of rotatable bonds is 5. The molecule has 2 heterocycles. The summed E-state index contributed by atoms with van der Waals surface area (Å²) in [6.45, 7) is 9.11. The zero-order valence-corrected chi connectivity index (χ0v) is 17.9. The van der Waals surface area contributed by atoms with Gasteiger partial charge in [-0.1, -0.05) is 12.1 Å². The molecule has 3 rings (SSSR count). The lowest BCUT2D eigenvalue weighted by molar-refractivity contribution is -0.125. The molecule has 0 saturated carbocycles. The summed E-state index contributed by atoms with van der Waals surface area (Å²) in [4.78, 5) is 14.6. The lowest BCUT2D eigenvalue weighted by Gasteiger charge is -2.23. The van der Waals surface area contributed by atoms with E-state index in [1.807, 2.05) is 26.0 Å². The van der Waals surface area contributed by atoms with E-state index in [4.69, 9.17) is 0 Å². The smallest absolute Gasteiger partial charge is 0.223 e. The number of nitrogens with one attached hydrogen (secondary N) is 2. The van der Waals surface area contributed by atoms with E-state index in [0.29, 0.717) is 11.5 Å². The van der Waals surface area contributed by atoms with E-state index in [2.05, 4.69) is 15.5 Å². The third-order valence-corrected chi connectivity index (χ3v) is 5.73. The molecule has 2 saturated heterocycles. The maximum Gasteiger partial charge on any atom is 0.223 e. The minimum absolute atomic E-state index is 0. The summed E-state index contributed by atoms with van der Waals surface area (Å²) >= 11 is 0. The number of hydrogen-bond acceptors (Lipinski definition) is 3. The molecule has 0 spiro atoms. The number of hydrogen-bond donors (Lipinski definition) is 2. The van der Waals surface area contributed by atoms with Crippen LogP contribution in [0, 0.1) is 31.5 Å². The first kappa shape index (κ1) is 24.2. The summed E-state index contributed by atoms with van der Waals surface area (Å²) < 4.78 is 14.1. The van der Waals surface area contributed by atoms with Crippen molar-refractivity contribution >= 4 is 30.7 Å². The second-order valence-corrected chi connectivity index (χ2v) is 7.64. The number of carbonyl (C=O) groups is 1. The topological polar surface area (TPSA) is 44.4 Å². The molecule has 1 amide bonds. The quantitative estimate of drug-likeness (QED) is 0.769. The zero-order valence-electron chi connectivity index (χ0n) is 16.2. The number of carbonyl (C=O) groups excluding carboxylic acids is 1. The Morgan fingerprint density at radius 2 is 1.93 bits per heavy atom. The Bertz CT molecular complexity index is 623. The number of piperidine rings is 1. The van der Waals surface area contributed by atoms with E-state index in [9.17, 15) is 9.18 Å². The van der Waals surface area contributed by atoms with Gasteiger partial charge in [-0.2, -0.15) is 0 Å². The molecule has 154 valence electrons. The maximum absolute atomic E-state index is 14.1. The van der Waals surface area contributed by atoms with Crippen LogP contribution in [-0.4, -0.2) is 43.5 Å². The van der Waals surface area contributed by atoms with Gasteiger partial charge in [0, 0.05) is 25.6 Å². The van der Waals surface area contributed by atoms with Crippen LogP contribution >= 0.6 is 24.8 Å². The Labute approximate surface area is 174 Å². The van der Waals surface area contributed by atoms with Crippen LogP contribution in [0.15, 0.2) is 12.1 Å². The highest BCUT2D eigenvalue weighted by Crippen LogP contribution is 2.22. The van der Waals surface area contributed by atoms with E-state index in [1.165, 1.54) is 0 Å². The predicted octanol–water partition coefficient (Wildman–Crippen LogP) is 3.22. The number of likely N-dealkylation sites (tertiary alicyclic amines) is 1. The molecular weight excluding hydrogens is 388 g/mol. The number of benzene rings is 1. The molecule has 4 nitrogen and oxygen atoms in total. The minimum atomic E-state index is -0.0810. The lowest BCUT2D eigenvalue weighted by Crippen LogP contribution is -2.40. The SMILES string of the molecule is Cc1ccc(CN2CCC(CNC(=O)C3CCNCC3)C2)c(C)c1F.Cl.Cl. The van der Waals surface area contributed by atoms with Gasteiger partial charge >= 0.3 is 0 Å². The van der Waals surface area contributed by atoms with Crippen LogP contribution in [0.2, 0.25) is 0 Å². The van der Waals surface area contributed by atoms with E-state index < -0.39 is 0 Å². The molecule has 0 aliphatic carbocycles. The van der Waals surface area contributed by atoms with Crippen molar-refractivity contribution in [1.82, 2.24) is 15.5 Å². The van der Waals surface area contributed by atoms with Gasteiger partial charge in [0.1, 0.15) is 5.82 Å². The Kier molecular flexibility index (Phi) is 10.0. The summed E-state index contributed by atoms with van der Waals surface area (Å²) in [5.41, 5.74) is 2.55. The Balaban J connectivity index is 0.00000182. The molecule has 27 heavy (non-hydrogen) atoms. The van der Waals surface area contributed by atoms with Crippen LogP contribution in [0.4, 0.5) is 4.39 Å². The van der Waals surface area contributed by atoms with Gasteiger partial charge < -0.3 is 10.6 Å². The van der Waals surface area contributed by atoms with Gasteiger partial charge in [-0.25, -0.2) is 4.39 Å². The third-order valence-electron chi connectivity index (χ3n) is 5.73. The molecule has 2 aliphatic rings. The molecular formula is C20H32Cl2FN3O. The van der Waals surface area contributed by atoms with E-state index in [1.54, 1.807) is 0 Å².